The number of rotatable bonds is 10. The predicted molar refractivity (Wildman–Crippen MR) is 131 cm³/mol. The Morgan fingerprint density at radius 3 is 2.51 bits per heavy atom. The number of nitriles is 1. The Kier molecular flexibility index (Phi) is 10.1. The van der Waals surface area contributed by atoms with Crippen LogP contribution >= 0.6 is 0 Å². The highest BCUT2D eigenvalue weighted by Crippen LogP contribution is 2.27. The van der Waals surface area contributed by atoms with Gasteiger partial charge < -0.3 is 24.5 Å². The average molecular weight is 547 g/mol. The third-order valence-corrected chi connectivity index (χ3v) is 5.98. The van der Waals surface area contributed by atoms with E-state index in [-0.39, 0.29) is 19.0 Å². The molecule has 15 heteroatoms. The minimum Gasteiger partial charge on any atom is -0.494 e. The average Bonchev–Trinajstić information content (AvgIpc) is 3.14. The fraction of sp³-hybridized carbons (Fsp3) is 0.500. The van der Waals surface area contributed by atoms with Crippen LogP contribution in [0.3, 0.4) is 0 Å². The number of aliphatic carboxylic acids is 2. The number of aliphatic imine (C=N–C) groups is 1. The lowest BCUT2D eigenvalue weighted by molar-refractivity contribution is -0.303. The van der Waals surface area contributed by atoms with Crippen molar-refractivity contribution in [1.82, 2.24) is 20.6 Å². The molecule has 2 aliphatic heterocycles. The number of carboxylic acid groups (broad SMARTS) is 2. The summed E-state index contributed by atoms with van der Waals surface area (Å²) in [5.74, 6) is -6.73. The van der Waals surface area contributed by atoms with Crippen molar-refractivity contribution in [2.75, 3.05) is 32.8 Å². The number of hydrazine groups is 2. The van der Waals surface area contributed by atoms with E-state index in [4.69, 9.17) is 19.7 Å². The normalized spacial score (nSPS) is 21.1. The van der Waals surface area contributed by atoms with Gasteiger partial charge in [-0.15, -0.1) is 5.01 Å². The van der Waals surface area contributed by atoms with E-state index in [9.17, 15) is 24.4 Å². The molecule has 1 aromatic carbocycles. The van der Waals surface area contributed by atoms with E-state index in [0.29, 0.717) is 17.5 Å². The van der Waals surface area contributed by atoms with Gasteiger partial charge in [-0.2, -0.15) is 5.26 Å². The molecule has 39 heavy (non-hydrogen) atoms. The molecule has 1 aromatic rings. The first kappa shape index (κ1) is 29.3. The van der Waals surface area contributed by atoms with Crippen LogP contribution in [0.15, 0.2) is 29.3 Å². The zero-order chi connectivity index (χ0) is 28.4. The number of esters is 1. The van der Waals surface area contributed by atoms with Gasteiger partial charge in [0.25, 0.3) is 0 Å². The first-order valence-electron chi connectivity index (χ1n) is 12.3. The fourth-order valence-corrected chi connectivity index (χ4v) is 4.08. The molecule has 0 aromatic heterocycles. The molecule has 3 N–H and O–H groups in total. The topological polar surface area (TPSA) is 194 Å². The van der Waals surface area contributed by atoms with Crippen molar-refractivity contribution in [3.63, 3.8) is 0 Å². The van der Waals surface area contributed by atoms with E-state index in [1.165, 1.54) is 26.2 Å². The third kappa shape index (κ3) is 7.87. The summed E-state index contributed by atoms with van der Waals surface area (Å²) in [4.78, 5) is 56.8. The second-order valence-corrected chi connectivity index (χ2v) is 8.88. The predicted octanol–water partition coefficient (Wildman–Crippen LogP) is 0.287. The number of benzene rings is 1. The quantitative estimate of drug-likeness (QED) is 0.157. The van der Waals surface area contributed by atoms with E-state index < -0.39 is 36.1 Å². The van der Waals surface area contributed by atoms with Crippen molar-refractivity contribution in [3.8, 4) is 11.8 Å². The van der Waals surface area contributed by atoms with Crippen LogP contribution in [0, 0.1) is 11.3 Å². The second-order valence-electron chi connectivity index (χ2n) is 8.88. The van der Waals surface area contributed by atoms with Crippen LogP contribution in [-0.2, 0) is 35.3 Å². The minimum atomic E-state index is -2.03. The molecule has 2 fully saturated rings. The number of hydrogen-bond acceptors (Lipinski definition) is 12. The molecule has 0 radical (unpaired) electrons. The maximum atomic E-state index is 11.9. The van der Waals surface area contributed by atoms with Crippen molar-refractivity contribution < 1.29 is 43.7 Å². The summed E-state index contributed by atoms with van der Waals surface area (Å²) in [7, 11) is 0. The van der Waals surface area contributed by atoms with Gasteiger partial charge in [0.05, 0.1) is 12.7 Å². The first-order chi connectivity index (χ1) is 18.6. The van der Waals surface area contributed by atoms with Crippen LogP contribution in [0.4, 0.5) is 0 Å². The van der Waals surface area contributed by atoms with Crippen LogP contribution in [-0.4, -0.2) is 93.6 Å². The Hall–Kier alpha value is -4.26. The van der Waals surface area contributed by atoms with Crippen LogP contribution in [0.25, 0.3) is 0 Å². The van der Waals surface area contributed by atoms with Gasteiger partial charge in [0.2, 0.25) is 5.72 Å². The van der Waals surface area contributed by atoms with Crippen LogP contribution in [0.5, 0.6) is 5.75 Å². The Labute approximate surface area is 224 Å². The summed E-state index contributed by atoms with van der Waals surface area (Å²) < 4.78 is 10.9. The van der Waals surface area contributed by atoms with Crippen LogP contribution in [0.1, 0.15) is 38.2 Å². The van der Waals surface area contributed by atoms with E-state index in [0.717, 1.165) is 30.2 Å². The molecule has 1 unspecified atom stereocenters. The molecular formula is C24H30N6O9. The van der Waals surface area contributed by atoms with E-state index >= 15 is 0 Å². The number of nitrogens with one attached hydrogen (secondary N) is 1. The summed E-state index contributed by atoms with van der Waals surface area (Å²) in [5.41, 5.74) is 1.55. The minimum absolute atomic E-state index is 0.0944. The summed E-state index contributed by atoms with van der Waals surface area (Å²) in [6, 6.07) is 9.54. The summed E-state index contributed by atoms with van der Waals surface area (Å²) in [5, 5.41) is 28.3. The molecule has 2 heterocycles. The fourth-order valence-electron chi connectivity index (χ4n) is 4.08. The monoisotopic (exact) mass is 546 g/mol. The molecule has 0 bridgehead atoms. The molecule has 0 aliphatic carbocycles. The molecule has 3 rings (SSSR count). The molecular weight excluding hydrogens is 516 g/mol. The lowest BCUT2D eigenvalue weighted by atomic mass is 10.1. The molecule has 210 valence electrons. The Balaban J connectivity index is 1.65. The lowest BCUT2D eigenvalue weighted by Gasteiger charge is -2.31. The van der Waals surface area contributed by atoms with Gasteiger partial charge in [-0.05, 0) is 50.6 Å². The standard InChI is InChI=1S/C24H30N6O9/c1-24(38-21(35)19(31)32)23(27-30(29(24)13-9-25)39-22(36)20(33)34)26-10-6-14-37-18-8-5-7-17(15-18)16-28-11-3-2-4-12-28/h5,7-8,15H,2-4,6,10-14,16H2,1H3,(H,26,27)(H,31,32)(H,33,34). The Morgan fingerprint density at radius 2 is 1.85 bits per heavy atom. The van der Waals surface area contributed by atoms with Crippen molar-refractivity contribution in [2.24, 2.45) is 4.99 Å². The van der Waals surface area contributed by atoms with Gasteiger partial charge in [-0.1, -0.05) is 18.6 Å². The highest BCUT2D eigenvalue weighted by atomic mass is 16.8. The maximum absolute atomic E-state index is 11.9. The van der Waals surface area contributed by atoms with Gasteiger partial charge in [-0.25, -0.2) is 19.2 Å². The number of amidine groups is 1. The van der Waals surface area contributed by atoms with Crippen LogP contribution < -0.4 is 10.2 Å². The third-order valence-electron chi connectivity index (χ3n) is 5.98. The number of carbonyl (C=O) groups excluding carboxylic acids is 2. The zero-order valence-corrected chi connectivity index (χ0v) is 21.4. The first-order valence-corrected chi connectivity index (χ1v) is 12.3. The van der Waals surface area contributed by atoms with Gasteiger partial charge in [0.1, 0.15) is 12.3 Å². The molecule has 0 amide bonds. The summed E-state index contributed by atoms with van der Waals surface area (Å²) in [6.07, 6.45) is 4.06. The Bertz CT molecular complexity index is 1150. The van der Waals surface area contributed by atoms with Gasteiger partial charge in [0, 0.05) is 24.8 Å². The highest BCUT2D eigenvalue weighted by Gasteiger charge is 2.54. The molecule has 2 saturated heterocycles. The SMILES string of the molecule is CC1(OC(=O)C(=O)O)C(=NCCCOc2cccc(CN3CCCCC3)c2)NN(OC(=O)C(=O)O)N1CC#N. The van der Waals surface area contributed by atoms with Crippen molar-refractivity contribution >= 4 is 29.7 Å². The van der Waals surface area contributed by atoms with E-state index in [1.807, 2.05) is 24.3 Å². The molecule has 2 aliphatic rings. The molecule has 15 nitrogen and oxygen atoms in total. The number of likely N-dealkylation sites (tertiary alicyclic amines) is 1. The lowest BCUT2D eigenvalue weighted by Crippen LogP contribution is -2.54. The number of carbonyl (C=O) groups is 4. The largest absolute Gasteiger partial charge is 0.494 e. The maximum Gasteiger partial charge on any atom is 0.438 e. The summed E-state index contributed by atoms with van der Waals surface area (Å²) >= 11 is 0. The van der Waals surface area contributed by atoms with E-state index in [2.05, 4.69) is 20.2 Å². The zero-order valence-electron chi connectivity index (χ0n) is 21.4. The van der Waals surface area contributed by atoms with E-state index in [1.54, 1.807) is 6.07 Å². The number of hydrogen-bond donors (Lipinski definition) is 3. The Morgan fingerprint density at radius 1 is 1.13 bits per heavy atom. The smallest absolute Gasteiger partial charge is 0.438 e. The highest BCUT2D eigenvalue weighted by molar-refractivity contribution is 6.29. The number of carboxylic acids is 2. The molecule has 0 spiro atoms. The number of piperidine rings is 1. The molecule has 0 saturated carbocycles. The number of ether oxygens (including phenoxy) is 2. The van der Waals surface area contributed by atoms with Crippen LogP contribution in [0.2, 0.25) is 0 Å². The van der Waals surface area contributed by atoms with Gasteiger partial charge in [-0.3, -0.25) is 15.3 Å². The van der Waals surface area contributed by atoms with Crippen molar-refractivity contribution in [2.45, 2.75) is 44.9 Å². The van der Waals surface area contributed by atoms with Crippen molar-refractivity contribution in [3.05, 3.63) is 29.8 Å². The van der Waals surface area contributed by atoms with Gasteiger partial charge >= 0.3 is 23.9 Å². The number of nitrogens with zero attached hydrogens (tertiary/aromatic N) is 5. The second kappa shape index (κ2) is 13.5. The summed E-state index contributed by atoms with van der Waals surface area (Å²) in [6.45, 7) is 3.99. The van der Waals surface area contributed by atoms with Gasteiger partial charge in [0.15, 0.2) is 5.84 Å². The van der Waals surface area contributed by atoms with Crippen molar-refractivity contribution in [1.29, 1.82) is 5.26 Å². The molecule has 1 atom stereocenters.